The van der Waals surface area contributed by atoms with Gasteiger partial charge in [0.1, 0.15) is 0 Å². The molecule has 2 aromatic heterocycles. The zero-order valence-corrected chi connectivity index (χ0v) is 20.9. The smallest absolute Gasteiger partial charge is 0.191 e. The molecule has 1 aromatic carbocycles. The van der Waals surface area contributed by atoms with Crippen LogP contribution in [0.25, 0.3) is 0 Å². The van der Waals surface area contributed by atoms with Crippen molar-refractivity contribution in [2.75, 3.05) is 6.54 Å². The second-order valence-electron chi connectivity index (χ2n) is 7.30. The van der Waals surface area contributed by atoms with Crippen molar-refractivity contribution < 1.29 is 4.52 Å². The molecule has 168 valence electrons. The van der Waals surface area contributed by atoms with Gasteiger partial charge in [-0.2, -0.15) is 5.10 Å². The fraction of sp³-hybridized carbons (Fsp3) is 0.435. The second kappa shape index (κ2) is 13.1. The maximum atomic E-state index is 5.50. The van der Waals surface area contributed by atoms with Crippen molar-refractivity contribution in [3.05, 3.63) is 71.4 Å². The van der Waals surface area contributed by atoms with Crippen LogP contribution in [0.3, 0.4) is 0 Å². The second-order valence-corrected chi connectivity index (χ2v) is 7.30. The van der Waals surface area contributed by atoms with Gasteiger partial charge >= 0.3 is 0 Å². The third-order valence-electron chi connectivity index (χ3n) is 5.07. The van der Waals surface area contributed by atoms with E-state index in [0.29, 0.717) is 19.0 Å². The van der Waals surface area contributed by atoms with E-state index in [9.17, 15) is 0 Å². The molecule has 0 saturated carbocycles. The summed E-state index contributed by atoms with van der Waals surface area (Å²) in [6.45, 7) is 9.12. The molecule has 0 saturated heterocycles. The summed E-state index contributed by atoms with van der Waals surface area (Å²) >= 11 is 0. The first kappa shape index (κ1) is 24.9. The number of hydrogen-bond donors (Lipinski definition) is 2. The molecule has 0 spiro atoms. The van der Waals surface area contributed by atoms with Gasteiger partial charge in [-0.3, -0.25) is 4.68 Å². The van der Waals surface area contributed by atoms with Crippen molar-refractivity contribution in [3.63, 3.8) is 0 Å². The predicted molar refractivity (Wildman–Crippen MR) is 135 cm³/mol. The lowest BCUT2D eigenvalue weighted by Crippen LogP contribution is -2.36. The third kappa shape index (κ3) is 7.68. The Kier molecular flexibility index (Phi) is 10.6. The number of rotatable bonds is 10. The molecule has 3 rings (SSSR count). The summed E-state index contributed by atoms with van der Waals surface area (Å²) in [6.07, 6.45) is 5.90. The van der Waals surface area contributed by atoms with Crippen LogP contribution in [0.2, 0.25) is 0 Å². The molecule has 0 aliphatic heterocycles. The fourth-order valence-corrected chi connectivity index (χ4v) is 3.40. The van der Waals surface area contributed by atoms with Gasteiger partial charge in [0.2, 0.25) is 0 Å². The van der Waals surface area contributed by atoms with Gasteiger partial charge in [-0.25, -0.2) is 4.99 Å². The van der Waals surface area contributed by atoms with E-state index < -0.39 is 0 Å². The fourth-order valence-electron chi connectivity index (χ4n) is 3.40. The van der Waals surface area contributed by atoms with E-state index in [2.05, 4.69) is 65.9 Å². The molecule has 2 heterocycles. The minimum absolute atomic E-state index is 0. The number of benzene rings is 1. The van der Waals surface area contributed by atoms with E-state index in [1.807, 2.05) is 23.0 Å². The third-order valence-corrected chi connectivity index (χ3v) is 5.07. The van der Waals surface area contributed by atoms with Crippen LogP contribution in [-0.2, 0) is 19.6 Å². The minimum atomic E-state index is 0. The van der Waals surface area contributed by atoms with Crippen molar-refractivity contribution in [3.8, 4) is 0 Å². The molecule has 0 unspecified atom stereocenters. The van der Waals surface area contributed by atoms with Crippen LogP contribution in [-0.4, -0.2) is 27.4 Å². The first-order chi connectivity index (χ1) is 14.7. The summed E-state index contributed by atoms with van der Waals surface area (Å²) < 4.78 is 7.42. The van der Waals surface area contributed by atoms with Crippen LogP contribution >= 0.6 is 24.0 Å². The molecule has 2 N–H and O–H groups in total. The van der Waals surface area contributed by atoms with Gasteiger partial charge < -0.3 is 15.2 Å². The first-order valence-corrected chi connectivity index (χ1v) is 10.7. The number of nitrogens with zero attached hydrogens (tertiary/aromatic N) is 4. The Morgan fingerprint density at radius 3 is 2.61 bits per heavy atom. The summed E-state index contributed by atoms with van der Waals surface area (Å²) in [6, 6.07) is 12.4. The van der Waals surface area contributed by atoms with E-state index in [1.165, 1.54) is 5.56 Å². The highest BCUT2D eigenvalue weighted by molar-refractivity contribution is 14.0. The SMILES string of the molecule is CCNC(=NCc1cccc(Cn2cccn2)c1)NCc1cc(C(CC)CC)no1.I. The molecular weight excluding hydrogens is 503 g/mol. The van der Waals surface area contributed by atoms with E-state index >= 15 is 0 Å². The summed E-state index contributed by atoms with van der Waals surface area (Å²) in [5, 5.41) is 15.1. The topological polar surface area (TPSA) is 80.3 Å². The van der Waals surface area contributed by atoms with Gasteiger partial charge in [-0.15, -0.1) is 24.0 Å². The summed E-state index contributed by atoms with van der Waals surface area (Å²) in [5.74, 6) is 2.04. The van der Waals surface area contributed by atoms with Crippen LogP contribution in [0.4, 0.5) is 0 Å². The molecule has 0 fully saturated rings. The lowest BCUT2D eigenvalue weighted by atomic mass is 9.99. The Morgan fingerprint density at radius 1 is 1.10 bits per heavy atom. The van der Waals surface area contributed by atoms with Crippen molar-refractivity contribution in [1.82, 2.24) is 25.6 Å². The minimum Gasteiger partial charge on any atom is -0.359 e. The molecule has 8 heteroatoms. The first-order valence-electron chi connectivity index (χ1n) is 10.7. The van der Waals surface area contributed by atoms with Crippen LogP contribution in [0.5, 0.6) is 0 Å². The van der Waals surface area contributed by atoms with E-state index in [1.54, 1.807) is 6.20 Å². The maximum Gasteiger partial charge on any atom is 0.191 e. The van der Waals surface area contributed by atoms with Crippen LogP contribution < -0.4 is 10.6 Å². The van der Waals surface area contributed by atoms with Crippen molar-refractivity contribution in [2.24, 2.45) is 4.99 Å². The molecule has 0 aliphatic carbocycles. The Bertz CT molecular complexity index is 918. The number of nitrogens with one attached hydrogen (secondary N) is 2. The zero-order chi connectivity index (χ0) is 21.2. The van der Waals surface area contributed by atoms with Crippen LogP contribution in [0, 0.1) is 0 Å². The Labute approximate surface area is 201 Å². The average Bonchev–Trinajstić information content (AvgIpc) is 3.44. The Morgan fingerprint density at radius 2 is 1.90 bits per heavy atom. The van der Waals surface area contributed by atoms with Crippen LogP contribution in [0.15, 0.2) is 58.3 Å². The number of hydrogen-bond acceptors (Lipinski definition) is 4. The number of aliphatic imine (C=N–C) groups is 1. The van der Waals surface area contributed by atoms with Gasteiger partial charge in [0.15, 0.2) is 11.7 Å². The number of guanidine groups is 1. The molecule has 0 aliphatic rings. The van der Waals surface area contributed by atoms with Gasteiger partial charge in [0.05, 0.1) is 25.3 Å². The van der Waals surface area contributed by atoms with Crippen molar-refractivity contribution >= 4 is 29.9 Å². The van der Waals surface area contributed by atoms with Gasteiger partial charge in [0, 0.05) is 30.9 Å². The monoisotopic (exact) mass is 536 g/mol. The summed E-state index contributed by atoms with van der Waals surface area (Å²) in [4.78, 5) is 4.72. The highest BCUT2D eigenvalue weighted by Crippen LogP contribution is 2.22. The van der Waals surface area contributed by atoms with E-state index in [4.69, 9.17) is 9.52 Å². The molecule has 0 radical (unpaired) electrons. The molecule has 31 heavy (non-hydrogen) atoms. The van der Waals surface area contributed by atoms with Crippen LogP contribution in [0.1, 0.15) is 62.1 Å². The normalized spacial score (nSPS) is 11.4. The molecular formula is C23H33IN6O. The number of aromatic nitrogens is 3. The van der Waals surface area contributed by atoms with Gasteiger partial charge in [-0.05, 0) is 37.0 Å². The molecule has 0 bridgehead atoms. The summed E-state index contributed by atoms with van der Waals surface area (Å²) in [5.41, 5.74) is 3.40. The average molecular weight is 536 g/mol. The highest BCUT2D eigenvalue weighted by Gasteiger charge is 2.13. The standard InChI is InChI=1S/C23H32N6O.HI/c1-4-20(5-2)22-14-21(30-28-22)16-26-23(24-6-3)25-15-18-9-7-10-19(13-18)17-29-12-8-11-27-29;/h7-14,20H,4-6,15-17H2,1-3H3,(H2,24,25,26);1H. The van der Waals surface area contributed by atoms with Crippen molar-refractivity contribution in [1.29, 1.82) is 0 Å². The predicted octanol–water partition coefficient (Wildman–Crippen LogP) is 4.70. The van der Waals surface area contributed by atoms with E-state index in [0.717, 1.165) is 48.9 Å². The summed E-state index contributed by atoms with van der Waals surface area (Å²) in [7, 11) is 0. The maximum absolute atomic E-state index is 5.50. The Hall–Kier alpha value is -2.36. The largest absolute Gasteiger partial charge is 0.359 e. The Balaban J connectivity index is 0.00000341. The molecule has 0 amide bonds. The van der Waals surface area contributed by atoms with Gasteiger partial charge in [0.25, 0.3) is 0 Å². The van der Waals surface area contributed by atoms with Gasteiger partial charge in [-0.1, -0.05) is 43.3 Å². The molecule has 0 atom stereocenters. The lowest BCUT2D eigenvalue weighted by molar-refractivity contribution is 0.368. The van der Waals surface area contributed by atoms with E-state index in [-0.39, 0.29) is 24.0 Å². The molecule has 7 nitrogen and oxygen atoms in total. The molecule has 3 aromatic rings. The van der Waals surface area contributed by atoms with Crippen molar-refractivity contribution in [2.45, 2.75) is 59.2 Å². The zero-order valence-electron chi connectivity index (χ0n) is 18.5. The number of halogens is 1. The highest BCUT2D eigenvalue weighted by atomic mass is 127. The lowest BCUT2D eigenvalue weighted by Gasteiger charge is -2.10. The quantitative estimate of drug-likeness (QED) is 0.223.